The Labute approximate surface area is 154 Å². The molecule has 0 saturated heterocycles. The molecule has 0 atom stereocenters. The van der Waals surface area contributed by atoms with Crippen molar-refractivity contribution >= 4 is 0 Å². The van der Waals surface area contributed by atoms with Gasteiger partial charge in [0.15, 0.2) is 0 Å². The number of rotatable bonds is 10. The summed E-state index contributed by atoms with van der Waals surface area (Å²) in [5.74, 6) is -56.2. The summed E-state index contributed by atoms with van der Waals surface area (Å²) in [6.07, 6.45) is -10.2. The molecule has 0 unspecified atom stereocenters. The summed E-state index contributed by atoms with van der Waals surface area (Å²) in [5.41, 5.74) is 0. The first-order valence-corrected chi connectivity index (χ1v) is 6.75. The third-order valence-corrected chi connectivity index (χ3v) is 3.44. The van der Waals surface area contributed by atoms with E-state index in [0.717, 1.165) is 0 Å². The lowest BCUT2D eigenvalue weighted by Crippen LogP contribution is -2.74. The number of ether oxygens (including phenoxy) is 1. The number of hydrogen-bond donors (Lipinski definition) is 0. The second kappa shape index (κ2) is 7.49. The SMILES string of the molecule is C=COCCC(F)(F)C(F)(F)C(F)(F)C(F)(F)C(F)(F)C(F)(F)C(F)(F)C(F)(F)F. The van der Waals surface area contributed by atoms with Crippen LogP contribution in [-0.4, -0.2) is 54.2 Å². The van der Waals surface area contributed by atoms with Crippen LogP contribution in [0.25, 0.3) is 0 Å². The van der Waals surface area contributed by atoms with Crippen LogP contribution in [-0.2, 0) is 4.74 Å². The molecule has 180 valence electrons. The van der Waals surface area contributed by atoms with Crippen LogP contribution in [0.4, 0.5) is 74.6 Å². The zero-order valence-electron chi connectivity index (χ0n) is 13.5. The third-order valence-electron chi connectivity index (χ3n) is 3.44. The van der Waals surface area contributed by atoms with Gasteiger partial charge in [-0.05, 0) is 0 Å². The van der Waals surface area contributed by atoms with Crippen molar-refractivity contribution in [2.24, 2.45) is 0 Å². The Morgan fingerprint density at radius 1 is 0.500 bits per heavy atom. The molecule has 0 fully saturated rings. The Bertz CT molecular complexity index is 617. The average Bonchev–Trinajstić information content (AvgIpc) is 2.52. The van der Waals surface area contributed by atoms with Gasteiger partial charge in [-0.25, -0.2) is 0 Å². The summed E-state index contributed by atoms with van der Waals surface area (Å²) in [6.45, 7) is 0.976. The second-order valence-electron chi connectivity index (χ2n) is 5.44. The van der Waals surface area contributed by atoms with Gasteiger partial charge in [-0.3, -0.25) is 0 Å². The third kappa shape index (κ3) is 3.73. The molecule has 18 heteroatoms. The van der Waals surface area contributed by atoms with Gasteiger partial charge in [-0.15, -0.1) is 0 Å². The first-order chi connectivity index (χ1) is 12.8. The summed E-state index contributed by atoms with van der Waals surface area (Å²) in [6, 6.07) is 0. The van der Waals surface area contributed by atoms with Crippen LogP contribution >= 0.6 is 0 Å². The Hall–Kier alpha value is -1.65. The van der Waals surface area contributed by atoms with Crippen molar-refractivity contribution in [3.05, 3.63) is 12.8 Å². The zero-order valence-corrected chi connectivity index (χ0v) is 13.5. The largest absolute Gasteiger partial charge is 0.502 e. The van der Waals surface area contributed by atoms with E-state index in [0.29, 0.717) is 0 Å². The summed E-state index contributed by atoms with van der Waals surface area (Å²) in [4.78, 5) is 0. The molecule has 0 aliphatic rings. The topological polar surface area (TPSA) is 9.23 Å². The highest BCUT2D eigenvalue weighted by Gasteiger charge is 2.95. The summed E-state index contributed by atoms with van der Waals surface area (Å²) in [5, 5.41) is 0. The summed E-state index contributed by atoms with van der Waals surface area (Å²) in [7, 11) is 0. The van der Waals surface area contributed by atoms with Gasteiger partial charge >= 0.3 is 47.6 Å². The summed E-state index contributed by atoms with van der Waals surface area (Å²) >= 11 is 0. The summed E-state index contributed by atoms with van der Waals surface area (Å²) < 4.78 is 223. The van der Waals surface area contributed by atoms with Gasteiger partial charge < -0.3 is 4.74 Å². The molecule has 0 aromatic carbocycles. The molecule has 1 nitrogen and oxygen atoms in total. The molecule has 30 heavy (non-hydrogen) atoms. The maximum absolute atomic E-state index is 13.3. The van der Waals surface area contributed by atoms with Crippen molar-refractivity contribution in [3.8, 4) is 0 Å². The van der Waals surface area contributed by atoms with E-state index >= 15 is 0 Å². The molecule has 0 amide bonds. The standard InChI is InChI=1S/C12H7F17O/c1-2-30-4-3-5(13,14)6(15,16)7(17,18)8(19,20)9(21,22)10(23,24)11(25,26)12(27,28)29/h2H,1,3-4H2. The van der Waals surface area contributed by atoms with Crippen LogP contribution in [0, 0.1) is 0 Å². The zero-order chi connectivity index (χ0) is 24.8. The van der Waals surface area contributed by atoms with Crippen molar-refractivity contribution in [2.75, 3.05) is 6.61 Å². The Balaban J connectivity index is 6.51. The smallest absolute Gasteiger partial charge is 0.460 e. The van der Waals surface area contributed by atoms with E-state index in [-0.39, 0.29) is 6.26 Å². The van der Waals surface area contributed by atoms with E-state index in [1.165, 1.54) is 0 Å². The quantitative estimate of drug-likeness (QED) is 0.192. The van der Waals surface area contributed by atoms with Gasteiger partial charge in [-0.1, -0.05) is 6.58 Å². The van der Waals surface area contributed by atoms with Crippen molar-refractivity contribution in [2.45, 2.75) is 54.1 Å². The second-order valence-corrected chi connectivity index (χ2v) is 5.44. The predicted molar refractivity (Wildman–Crippen MR) is 61.4 cm³/mol. The van der Waals surface area contributed by atoms with Gasteiger partial charge in [0.05, 0.1) is 19.3 Å². The molecule has 0 aromatic rings. The Morgan fingerprint density at radius 2 is 0.800 bits per heavy atom. The lowest BCUT2D eigenvalue weighted by Gasteiger charge is -2.42. The van der Waals surface area contributed by atoms with Crippen LogP contribution in [0.3, 0.4) is 0 Å². The molecule has 0 radical (unpaired) electrons. The number of hydrogen-bond acceptors (Lipinski definition) is 1. The first kappa shape index (κ1) is 28.3. The highest BCUT2D eigenvalue weighted by Crippen LogP contribution is 2.64. The fourth-order valence-electron chi connectivity index (χ4n) is 1.62. The molecule has 0 heterocycles. The number of halogens is 17. The van der Waals surface area contributed by atoms with Gasteiger partial charge in [0, 0.05) is 0 Å². The van der Waals surface area contributed by atoms with Crippen LogP contribution < -0.4 is 0 Å². The molecule has 0 aromatic heterocycles. The predicted octanol–water partition coefficient (Wildman–Crippen LogP) is 6.55. The van der Waals surface area contributed by atoms with Crippen LogP contribution in [0.2, 0.25) is 0 Å². The Morgan fingerprint density at radius 3 is 1.10 bits per heavy atom. The van der Waals surface area contributed by atoms with Gasteiger partial charge in [0.2, 0.25) is 0 Å². The van der Waals surface area contributed by atoms with Gasteiger partial charge in [0.1, 0.15) is 0 Å². The minimum atomic E-state index is -8.61. The van der Waals surface area contributed by atoms with Crippen LogP contribution in [0.5, 0.6) is 0 Å². The maximum Gasteiger partial charge on any atom is 0.460 e. The van der Waals surface area contributed by atoms with Crippen molar-refractivity contribution in [3.63, 3.8) is 0 Å². The average molecular weight is 490 g/mol. The fourth-order valence-corrected chi connectivity index (χ4v) is 1.62. The lowest BCUT2D eigenvalue weighted by molar-refractivity contribution is -0.461. The van der Waals surface area contributed by atoms with Crippen molar-refractivity contribution in [1.82, 2.24) is 0 Å². The molecule has 0 rings (SSSR count). The minimum absolute atomic E-state index is 0.245. The molecule has 0 spiro atoms. The van der Waals surface area contributed by atoms with E-state index in [1.54, 1.807) is 0 Å². The van der Waals surface area contributed by atoms with Crippen molar-refractivity contribution < 1.29 is 79.4 Å². The van der Waals surface area contributed by atoms with E-state index in [1.807, 2.05) is 0 Å². The Kier molecular flexibility index (Phi) is 7.08. The lowest BCUT2D eigenvalue weighted by atomic mass is 9.88. The minimum Gasteiger partial charge on any atom is -0.502 e. The van der Waals surface area contributed by atoms with Crippen molar-refractivity contribution in [1.29, 1.82) is 0 Å². The monoisotopic (exact) mass is 490 g/mol. The van der Waals surface area contributed by atoms with Gasteiger partial charge in [0.25, 0.3) is 0 Å². The van der Waals surface area contributed by atoms with Crippen LogP contribution in [0.1, 0.15) is 6.42 Å². The molecule has 0 bridgehead atoms. The van der Waals surface area contributed by atoms with E-state index in [4.69, 9.17) is 0 Å². The maximum atomic E-state index is 13.3. The highest BCUT2D eigenvalue weighted by atomic mass is 19.4. The molecule has 0 aliphatic heterocycles. The van der Waals surface area contributed by atoms with E-state index < -0.39 is 60.7 Å². The molecular weight excluding hydrogens is 483 g/mol. The fraction of sp³-hybridized carbons (Fsp3) is 0.833. The van der Waals surface area contributed by atoms with Gasteiger partial charge in [-0.2, -0.15) is 74.6 Å². The molecule has 0 saturated carbocycles. The van der Waals surface area contributed by atoms with E-state index in [9.17, 15) is 74.6 Å². The van der Waals surface area contributed by atoms with E-state index in [2.05, 4.69) is 11.3 Å². The highest BCUT2D eigenvalue weighted by molar-refractivity contribution is 5.15. The molecule has 0 N–H and O–H groups in total. The normalized spacial score (nSPS) is 15.9. The number of alkyl halides is 17. The molecular formula is C12H7F17O. The van der Waals surface area contributed by atoms with Crippen LogP contribution in [0.15, 0.2) is 12.8 Å². The first-order valence-electron chi connectivity index (χ1n) is 6.75. The molecule has 0 aliphatic carbocycles.